The number of rotatable bonds is 6. The summed E-state index contributed by atoms with van der Waals surface area (Å²) >= 11 is 5.94. The van der Waals surface area contributed by atoms with Gasteiger partial charge < -0.3 is 9.84 Å². The van der Waals surface area contributed by atoms with E-state index in [2.05, 4.69) is 5.32 Å². The zero-order valence-corrected chi connectivity index (χ0v) is 10.9. The Kier molecular flexibility index (Phi) is 5.12. The number of aliphatic carboxylic acids is 1. The van der Waals surface area contributed by atoms with Crippen LogP contribution in [0.4, 0.5) is 0 Å². The van der Waals surface area contributed by atoms with Crippen LogP contribution in [0.2, 0.25) is 5.02 Å². The topological polar surface area (TPSA) is 75.6 Å². The number of halogens is 1. The van der Waals surface area contributed by atoms with Gasteiger partial charge in [0.2, 0.25) is 0 Å². The van der Waals surface area contributed by atoms with Gasteiger partial charge >= 0.3 is 5.97 Å². The van der Waals surface area contributed by atoms with E-state index in [4.69, 9.17) is 21.4 Å². The normalized spacial score (nSPS) is 10.2. The van der Waals surface area contributed by atoms with Gasteiger partial charge in [0.25, 0.3) is 0 Å². The molecule has 0 aromatic heterocycles. The molecule has 0 atom stereocenters. The number of ether oxygens (including phenoxy) is 1. The van der Waals surface area contributed by atoms with Crippen molar-refractivity contribution in [2.75, 3.05) is 20.2 Å². The highest BCUT2D eigenvalue weighted by atomic mass is 35.5. The second-order valence-electron chi connectivity index (χ2n) is 3.72. The highest BCUT2D eigenvalue weighted by molar-refractivity contribution is 6.32. The van der Waals surface area contributed by atoms with Crippen LogP contribution in [0.3, 0.4) is 0 Å². The standard InChI is InChI=1S/C12H14ClNO4/c1-7-3-11(18-2)9(13)4-8(7)10(15)5-14-6-12(16)17/h3-4,14H,5-6H2,1-2H3,(H,16,17). The molecule has 98 valence electrons. The Hall–Kier alpha value is -1.59. The summed E-state index contributed by atoms with van der Waals surface area (Å²) in [6.45, 7) is 1.47. The maximum atomic E-state index is 11.8. The minimum Gasteiger partial charge on any atom is -0.495 e. The number of hydrogen-bond donors (Lipinski definition) is 2. The molecular formula is C12H14ClNO4. The molecular weight excluding hydrogens is 258 g/mol. The summed E-state index contributed by atoms with van der Waals surface area (Å²) in [5.74, 6) is -0.713. The number of methoxy groups -OCH3 is 1. The van der Waals surface area contributed by atoms with Crippen molar-refractivity contribution in [3.63, 3.8) is 0 Å². The van der Waals surface area contributed by atoms with Gasteiger partial charge in [0.1, 0.15) is 5.75 Å². The molecule has 18 heavy (non-hydrogen) atoms. The van der Waals surface area contributed by atoms with E-state index in [-0.39, 0.29) is 18.9 Å². The Morgan fingerprint density at radius 2 is 2.06 bits per heavy atom. The predicted octanol–water partition coefficient (Wildman–Crippen LogP) is 1.51. The molecule has 2 N–H and O–H groups in total. The molecule has 0 bridgehead atoms. The zero-order valence-electron chi connectivity index (χ0n) is 10.1. The Labute approximate surface area is 110 Å². The van der Waals surface area contributed by atoms with Crippen molar-refractivity contribution in [1.29, 1.82) is 0 Å². The van der Waals surface area contributed by atoms with Gasteiger partial charge in [-0.15, -0.1) is 0 Å². The molecule has 0 aliphatic heterocycles. The number of carboxylic acid groups (broad SMARTS) is 1. The molecule has 0 radical (unpaired) electrons. The molecule has 0 heterocycles. The van der Waals surface area contributed by atoms with Gasteiger partial charge in [-0.05, 0) is 24.6 Å². The summed E-state index contributed by atoms with van der Waals surface area (Å²) in [7, 11) is 1.50. The van der Waals surface area contributed by atoms with Gasteiger partial charge in [-0.25, -0.2) is 0 Å². The summed E-state index contributed by atoms with van der Waals surface area (Å²) in [6, 6.07) is 3.20. The fourth-order valence-electron chi connectivity index (χ4n) is 1.49. The monoisotopic (exact) mass is 271 g/mol. The fourth-order valence-corrected chi connectivity index (χ4v) is 1.73. The van der Waals surface area contributed by atoms with Gasteiger partial charge in [-0.2, -0.15) is 0 Å². The molecule has 0 unspecified atom stereocenters. The van der Waals surface area contributed by atoms with Crippen LogP contribution in [0.5, 0.6) is 5.75 Å². The van der Waals surface area contributed by atoms with Crippen LogP contribution >= 0.6 is 11.6 Å². The number of carbonyl (C=O) groups excluding carboxylic acids is 1. The van der Waals surface area contributed by atoms with Crippen molar-refractivity contribution in [1.82, 2.24) is 5.32 Å². The summed E-state index contributed by atoms with van der Waals surface area (Å²) in [5.41, 5.74) is 1.19. The fraction of sp³-hybridized carbons (Fsp3) is 0.333. The van der Waals surface area contributed by atoms with Crippen molar-refractivity contribution >= 4 is 23.4 Å². The summed E-state index contributed by atoms with van der Waals surface area (Å²) in [6.07, 6.45) is 0. The second kappa shape index (κ2) is 6.37. The molecule has 1 aromatic rings. The molecule has 0 spiro atoms. The van der Waals surface area contributed by atoms with Crippen molar-refractivity contribution < 1.29 is 19.4 Å². The summed E-state index contributed by atoms with van der Waals surface area (Å²) in [5, 5.41) is 11.3. The lowest BCUT2D eigenvalue weighted by Gasteiger charge is -2.09. The Balaban J connectivity index is 2.80. The number of benzene rings is 1. The number of hydrogen-bond acceptors (Lipinski definition) is 4. The molecule has 0 aliphatic rings. The van der Waals surface area contributed by atoms with Crippen molar-refractivity contribution in [2.45, 2.75) is 6.92 Å². The highest BCUT2D eigenvalue weighted by Crippen LogP contribution is 2.27. The van der Waals surface area contributed by atoms with Crippen LogP contribution in [-0.4, -0.2) is 37.1 Å². The van der Waals surface area contributed by atoms with Crippen molar-refractivity contribution in [2.24, 2.45) is 0 Å². The second-order valence-corrected chi connectivity index (χ2v) is 4.13. The van der Waals surface area contributed by atoms with E-state index in [1.165, 1.54) is 13.2 Å². The van der Waals surface area contributed by atoms with Crippen LogP contribution in [-0.2, 0) is 4.79 Å². The lowest BCUT2D eigenvalue weighted by molar-refractivity contribution is -0.135. The molecule has 6 heteroatoms. The van der Waals surface area contributed by atoms with Gasteiger partial charge in [0, 0.05) is 5.56 Å². The van der Waals surface area contributed by atoms with E-state index in [1.807, 2.05) is 0 Å². The molecule has 0 amide bonds. The van der Waals surface area contributed by atoms with Crippen molar-refractivity contribution in [3.8, 4) is 5.75 Å². The number of carboxylic acids is 1. The first-order valence-corrected chi connectivity index (χ1v) is 5.63. The SMILES string of the molecule is COc1cc(C)c(C(=O)CNCC(=O)O)cc1Cl. The first-order valence-electron chi connectivity index (χ1n) is 5.25. The van der Waals surface area contributed by atoms with E-state index in [1.54, 1.807) is 13.0 Å². The maximum absolute atomic E-state index is 11.8. The predicted molar refractivity (Wildman–Crippen MR) is 67.6 cm³/mol. The largest absolute Gasteiger partial charge is 0.495 e. The minimum atomic E-state index is -1.01. The van der Waals surface area contributed by atoms with Crippen LogP contribution in [0.1, 0.15) is 15.9 Å². The first kappa shape index (κ1) is 14.5. The van der Waals surface area contributed by atoms with E-state index < -0.39 is 5.97 Å². The molecule has 0 saturated carbocycles. The number of nitrogens with one attached hydrogen (secondary N) is 1. The Morgan fingerprint density at radius 1 is 1.39 bits per heavy atom. The average Bonchev–Trinajstić information content (AvgIpc) is 2.30. The van der Waals surface area contributed by atoms with E-state index >= 15 is 0 Å². The van der Waals surface area contributed by atoms with Crippen molar-refractivity contribution in [3.05, 3.63) is 28.3 Å². The number of ketones is 1. The van der Waals surface area contributed by atoms with Gasteiger partial charge in [0.15, 0.2) is 5.78 Å². The molecule has 1 rings (SSSR count). The number of aryl methyl sites for hydroxylation is 1. The highest BCUT2D eigenvalue weighted by Gasteiger charge is 2.13. The quantitative estimate of drug-likeness (QED) is 0.767. The third-order valence-electron chi connectivity index (χ3n) is 2.36. The third-order valence-corrected chi connectivity index (χ3v) is 2.66. The maximum Gasteiger partial charge on any atom is 0.317 e. The van der Waals surface area contributed by atoms with Crippen LogP contribution in [0.25, 0.3) is 0 Å². The number of carbonyl (C=O) groups is 2. The molecule has 0 aliphatic carbocycles. The molecule has 1 aromatic carbocycles. The Morgan fingerprint density at radius 3 is 2.61 bits per heavy atom. The van der Waals surface area contributed by atoms with Gasteiger partial charge in [0.05, 0.1) is 25.2 Å². The average molecular weight is 272 g/mol. The molecule has 0 fully saturated rings. The van der Waals surface area contributed by atoms with E-state index in [9.17, 15) is 9.59 Å². The smallest absolute Gasteiger partial charge is 0.317 e. The summed E-state index contributed by atoms with van der Waals surface area (Å²) < 4.78 is 5.04. The number of Topliss-reactive ketones (excluding diaryl/α,β-unsaturated/α-hetero) is 1. The molecule has 5 nitrogen and oxygen atoms in total. The first-order chi connectivity index (χ1) is 8.45. The van der Waals surface area contributed by atoms with E-state index in [0.717, 1.165) is 5.56 Å². The van der Waals surface area contributed by atoms with E-state index in [0.29, 0.717) is 16.3 Å². The minimum absolute atomic E-state index is 0.0458. The van der Waals surface area contributed by atoms with Crippen LogP contribution in [0, 0.1) is 6.92 Å². The zero-order chi connectivity index (χ0) is 13.7. The Bertz CT molecular complexity index is 473. The van der Waals surface area contributed by atoms with Crippen LogP contribution in [0.15, 0.2) is 12.1 Å². The molecule has 0 saturated heterocycles. The van der Waals surface area contributed by atoms with Crippen LogP contribution < -0.4 is 10.1 Å². The lowest BCUT2D eigenvalue weighted by atomic mass is 10.0. The van der Waals surface area contributed by atoms with Gasteiger partial charge in [-0.1, -0.05) is 11.6 Å². The summed E-state index contributed by atoms with van der Waals surface area (Å²) in [4.78, 5) is 22.2. The van der Waals surface area contributed by atoms with Gasteiger partial charge in [-0.3, -0.25) is 14.9 Å². The lowest BCUT2D eigenvalue weighted by Crippen LogP contribution is -2.28. The third kappa shape index (κ3) is 3.72.